The number of aromatic amines is 1. The van der Waals surface area contributed by atoms with E-state index >= 15 is 0 Å². The van der Waals surface area contributed by atoms with Crippen LogP contribution in [0.1, 0.15) is 24.6 Å². The number of para-hydroxylation sites is 1. The molecule has 35 heavy (non-hydrogen) atoms. The lowest BCUT2D eigenvalue weighted by atomic mass is 9.96. The van der Waals surface area contributed by atoms with Gasteiger partial charge in [0.1, 0.15) is 23.6 Å². The Morgan fingerprint density at radius 1 is 1.26 bits per heavy atom. The Kier molecular flexibility index (Phi) is 6.04. The van der Waals surface area contributed by atoms with Gasteiger partial charge in [-0.3, -0.25) is 14.0 Å². The molecule has 2 aliphatic rings. The van der Waals surface area contributed by atoms with E-state index in [-0.39, 0.29) is 24.3 Å². The number of aromatic nitrogens is 4. The van der Waals surface area contributed by atoms with Crippen LogP contribution >= 0.6 is 34.6 Å². The molecule has 2 N–H and O–H groups in total. The van der Waals surface area contributed by atoms with Crippen molar-refractivity contribution in [3.63, 3.8) is 0 Å². The molecule has 0 unspecified atom stereocenters. The zero-order valence-corrected chi connectivity index (χ0v) is 21.9. The normalized spacial score (nSPS) is 17.1. The number of hydrogen-bond donors (Lipinski definition) is 2. The van der Waals surface area contributed by atoms with Crippen LogP contribution in [0.25, 0.3) is 27.8 Å². The summed E-state index contributed by atoms with van der Waals surface area (Å²) in [5.41, 5.74) is 3.83. The SMILES string of the molecule is O=C(CN1CSCC1=O)N1CCC(c2nc(-c3cc4ccccc4[nH]3)c3c(NI)nccn23)CC1. The molecule has 0 spiro atoms. The van der Waals surface area contributed by atoms with Gasteiger partial charge in [-0.1, -0.05) is 18.2 Å². The Bertz CT molecular complexity index is 1390. The van der Waals surface area contributed by atoms with Gasteiger partial charge >= 0.3 is 0 Å². The van der Waals surface area contributed by atoms with Crippen molar-refractivity contribution in [2.75, 3.05) is 34.8 Å². The Balaban J connectivity index is 1.28. The molecule has 3 aromatic heterocycles. The molecule has 0 radical (unpaired) electrons. The molecule has 2 amide bonds. The van der Waals surface area contributed by atoms with E-state index in [9.17, 15) is 9.59 Å². The summed E-state index contributed by atoms with van der Waals surface area (Å²) >= 11 is 3.67. The molecule has 4 aromatic rings. The zero-order chi connectivity index (χ0) is 23.9. The molecule has 5 heterocycles. The van der Waals surface area contributed by atoms with Crippen LogP contribution in [0.5, 0.6) is 0 Å². The second-order valence-electron chi connectivity index (χ2n) is 8.90. The van der Waals surface area contributed by atoms with Crippen molar-refractivity contribution in [1.29, 1.82) is 0 Å². The predicted octanol–water partition coefficient (Wildman–Crippen LogP) is 3.88. The van der Waals surface area contributed by atoms with Crippen LogP contribution in [0.4, 0.5) is 5.82 Å². The van der Waals surface area contributed by atoms with Crippen molar-refractivity contribution < 1.29 is 9.59 Å². The number of amides is 2. The van der Waals surface area contributed by atoms with Gasteiger partial charge in [-0.2, -0.15) is 0 Å². The first-order chi connectivity index (χ1) is 17.1. The molecule has 6 rings (SSSR count). The second-order valence-corrected chi connectivity index (χ2v) is 10.4. The topological polar surface area (TPSA) is 98.6 Å². The Morgan fingerprint density at radius 2 is 2.09 bits per heavy atom. The van der Waals surface area contributed by atoms with E-state index < -0.39 is 0 Å². The van der Waals surface area contributed by atoms with Crippen molar-refractivity contribution in [3.8, 4) is 11.4 Å². The van der Waals surface area contributed by atoms with Gasteiger partial charge in [-0.05, 0) is 25.0 Å². The van der Waals surface area contributed by atoms with Gasteiger partial charge < -0.3 is 18.3 Å². The first-order valence-electron chi connectivity index (χ1n) is 11.6. The molecule has 0 saturated carbocycles. The highest BCUT2D eigenvalue weighted by Crippen LogP contribution is 2.36. The van der Waals surface area contributed by atoms with Crippen LogP contribution in [0.3, 0.4) is 0 Å². The number of halogens is 1. The number of anilines is 1. The fourth-order valence-corrected chi connectivity index (χ4v) is 6.30. The minimum Gasteiger partial charge on any atom is -0.353 e. The van der Waals surface area contributed by atoms with E-state index in [1.165, 1.54) is 0 Å². The van der Waals surface area contributed by atoms with E-state index in [1.807, 2.05) is 23.2 Å². The fraction of sp³-hybridized carbons (Fsp3) is 0.333. The zero-order valence-electron chi connectivity index (χ0n) is 18.9. The van der Waals surface area contributed by atoms with Crippen molar-refractivity contribution in [2.45, 2.75) is 18.8 Å². The summed E-state index contributed by atoms with van der Waals surface area (Å²) in [7, 11) is 0. The smallest absolute Gasteiger partial charge is 0.242 e. The summed E-state index contributed by atoms with van der Waals surface area (Å²) in [6.45, 7) is 1.51. The number of H-pyrrole nitrogens is 1. The van der Waals surface area contributed by atoms with Gasteiger partial charge in [0, 0.05) is 42.3 Å². The summed E-state index contributed by atoms with van der Waals surface area (Å²) in [5, 5.41) is 1.14. The van der Waals surface area contributed by atoms with E-state index in [1.54, 1.807) is 22.9 Å². The van der Waals surface area contributed by atoms with E-state index in [0.29, 0.717) is 24.7 Å². The van der Waals surface area contributed by atoms with Crippen molar-refractivity contribution in [1.82, 2.24) is 29.2 Å². The standard InChI is InChI=1S/C24H24IN7O2S/c25-29-23-22-21(18-11-16-3-1-2-4-17(16)27-18)28-24(32(22)10-7-26-23)15-5-8-30(9-6-15)19(33)12-31-14-35-13-20(31)34/h1-4,7,10-11,15,27H,5-6,8-9,12-14H2,(H,26,29). The lowest BCUT2D eigenvalue weighted by Gasteiger charge is -2.32. The van der Waals surface area contributed by atoms with Crippen LogP contribution in [0.2, 0.25) is 0 Å². The molecule has 9 nitrogen and oxygen atoms in total. The van der Waals surface area contributed by atoms with Crippen molar-refractivity contribution in [2.24, 2.45) is 0 Å². The molecular weight excluding hydrogens is 577 g/mol. The molecule has 0 bridgehead atoms. The van der Waals surface area contributed by atoms with Crippen molar-refractivity contribution >= 4 is 68.7 Å². The Labute approximate surface area is 220 Å². The third-order valence-electron chi connectivity index (χ3n) is 6.82. The number of carbonyl (C=O) groups excluding carboxylic acids is 2. The third kappa shape index (κ3) is 4.14. The van der Waals surface area contributed by atoms with Gasteiger partial charge in [0.25, 0.3) is 0 Å². The van der Waals surface area contributed by atoms with Crippen LogP contribution in [-0.4, -0.2) is 72.2 Å². The van der Waals surface area contributed by atoms with Gasteiger partial charge in [-0.25, -0.2) is 9.97 Å². The number of likely N-dealkylation sites (tertiary alicyclic amines) is 1. The molecule has 2 aliphatic heterocycles. The molecule has 2 fully saturated rings. The maximum atomic E-state index is 12.8. The number of hydrogen-bond acceptors (Lipinski definition) is 6. The summed E-state index contributed by atoms with van der Waals surface area (Å²) < 4.78 is 5.32. The van der Waals surface area contributed by atoms with Gasteiger partial charge in [-0.15, -0.1) is 11.8 Å². The number of carbonyl (C=O) groups is 2. The number of nitrogens with zero attached hydrogens (tertiary/aromatic N) is 5. The quantitative estimate of drug-likeness (QED) is 0.266. The van der Waals surface area contributed by atoms with Crippen LogP contribution in [-0.2, 0) is 9.59 Å². The molecule has 0 atom stereocenters. The summed E-state index contributed by atoms with van der Waals surface area (Å²) in [6.07, 6.45) is 5.41. The van der Waals surface area contributed by atoms with Gasteiger partial charge in [0.05, 0.1) is 40.2 Å². The fourth-order valence-electron chi connectivity index (χ4n) is 5.00. The molecule has 0 aliphatic carbocycles. The first-order valence-corrected chi connectivity index (χ1v) is 13.8. The van der Waals surface area contributed by atoms with E-state index in [0.717, 1.165) is 52.3 Å². The average Bonchev–Trinajstić information content (AvgIpc) is 3.60. The largest absolute Gasteiger partial charge is 0.353 e. The summed E-state index contributed by atoms with van der Waals surface area (Å²) in [5.74, 6) is 3.15. The molecular formula is C24H24IN7O2S. The number of rotatable bonds is 5. The molecule has 11 heteroatoms. The monoisotopic (exact) mass is 601 g/mol. The Morgan fingerprint density at radius 3 is 2.83 bits per heavy atom. The van der Waals surface area contributed by atoms with Gasteiger partial charge in [0.15, 0.2) is 5.82 Å². The minimum atomic E-state index is 0.0339. The van der Waals surface area contributed by atoms with Gasteiger partial charge in [0.2, 0.25) is 11.8 Å². The minimum absolute atomic E-state index is 0.0339. The first kappa shape index (κ1) is 22.7. The molecule has 180 valence electrons. The predicted molar refractivity (Wildman–Crippen MR) is 146 cm³/mol. The summed E-state index contributed by atoms with van der Waals surface area (Å²) in [6, 6.07) is 10.3. The number of imidazole rings is 1. The molecule has 1 aromatic carbocycles. The highest BCUT2D eigenvalue weighted by atomic mass is 127. The maximum absolute atomic E-state index is 12.8. The van der Waals surface area contributed by atoms with Crippen LogP contribution in [0, 0.1) is 0 Å². The highest BCUT2D eigenvalue weighted by Gasteiger charge is 2.31. The lowest BCUT2D eigenvalue weighted by molar-refractivity contribution is -0.138. The number of thioether (sulfide) groups is 1. The maximum Gasteiger partial charge on any atom is 0.242 e. The second kappa shape index (κ2) is 9.34. The average molecular weight is 601 g/mol. The van der Waals surface area contributed by atoms with E-state index in [4.69, 9.17) is 4.98 Å². The number of nitrogens with one attached hydrogen (secondary N) is 2. The lowest BCUT2D eigenvalue weighted by Crippen LogP contribution is -2.44. The number of benzene rings is 1. The van der Waals surface area contributed by atoms with Crippen LogP contribution in [0.15, 0.2) is 42.7 Å². The van der Waals surface area contributed by atoms with Crippen LogP contribution < -0.4 is 3.53 Å². The number of fused-ring (bicyclic) bond motifs is 2. The van der Waals surface area contributed by atoms with Crippen molar-refractivity contribution in [3.05, 3.63) is 48.5 Å². The Hall–Kier alpha value is -2.80. The highest BCUT2D eigenvalue weighted by molar-refractivity contribution is 14.1. The number of piperidine rings is 1. The molecule has 2 saturated heterocycles. The third-order valence-corrected chi connectivity index (χ3v) is 8.28. The van der Waals surface area contributed by atoms with E-state index in [2.05, 4.69) is 59.0 Å². The summed E-state index contributed by atoms with van der Waals surface area (Å²) in [4.78, 5) is 41.4.